The maximum atomic E-state index is 2.52. The standard InChI is InChI=1S/C9H17N.H2O/c1-10-6-8-2-3-9(7-10)5-4-8;/h8-9H,2-7H2,1H3;1H2. The van der Waals surface area contributed by atoms with E-state index in [1.807, 2.05) is 0 Å². The molecule has 2 saturated heterocycles. The molecule has 2 N–H and O–H groups in total. The van der Waals surface area contributed by atoms with Gasteiger partial charge in [-0.3, -0.25) is 0 Å². The molecule has 0 unspecified atom stereocenters. The summed E-state index contributed by atoms with van der Waals surface area (Å²) in [4.78, 5) is 2.52. The van der Waals surface area contributed by atoms with Crippen LogP contribution in [0.15, 0.2) is 0 Å². The smallest absolute Gasteiger partial charge is 0.000673 e. The zero-order valence-corrected chi connectivity index (χ0v) is 7.34. The van der Waals surface area contributed by atoms with E-state index in [0.29, 0.717) is 0 Å². The number of rotatable bonds is 0. The predicted molar refractivity (Wildman–Crippen MR) is 46.6 cm³/mol. The summed E-state index contributed by atoms with van der Waals surface area (Å²) in [7, 11) is 2.27. The number of nitrogens with zero attached hydrogens (tertiary/aromatic N) is 1. The fourth-order valence-electron chi connectivity index (χ4n) is 2.55. The Labute approximate surface area is 68.9 Å². The summed E-state index contributed by atoms with van der Waals surface area (Å²) in [6, 6.07) is 0. The molecule has 0 aromatic carbocycles. The van der Waals surface area contributed by atoms with Crippen molar-refractivity contribution in [3.8, 4) is 0 Å². The van der Waals surface area contributed by atoms with E-state index in [-0.39, 0.29) is 5.48 Å². The Morgan fingerprint density at radius 2 is 1.27 bits per heavy atom. The molecule has 2 heterocycles. The van der Waals surface area contributed by atoms with Gasteiger partial charge < -0.3 is 10.4 Å². The highest BCUT2D eigenvalue weighted by molar-refractivity contribution is 4.80. The molecule has 2 aliphatic heterocycles. The van der Waals surface area contributed by atoms with Crippen LogP contribution in [-0.4, -0.2) is 30.5 Å². The van der Waals surface area contributed by atoms with Gasteiger partial charge in [0.15, 0.2) is 0 Å². The van der Waals surface area contributed by atoms with Crippen LogP contribution < -0.4 is 0 Å². The fraction of sp³-hybridized carbons (Fsp3) is 1.00. The molecule has 0 atom stereocenters. The van der Waals surface area contributed by atoms with Gasteiger partial charge in [-0.15, -0.1) is 0 Å². The van der Waals surface area contributed by atoms with Gasteiger partial charge in [0, 0.05) is 13.1 Å². The molecule has 0 amide bonds. The number of hydrogen-bond acceptors (Lipinski definition) is 1. The van der Waals surface area contributed by atoms with Gasteiger partial charge in [-0.2, -0.15) is 0 Å². The lowest BCUT2D eigenvalue weighted by molar-refractivity contribution is 0.308. The highest BCUT2D eigenvalue weighted by Gasteiger charge is 2.27. The van der Waals surface area contributed by atoms with Crippen molar-refractivity contribution >= 4 is 0 Å². The van der Waals surface area contributed by atoms with Crippen LogP contribution in [0.25, 0.3) is 0 Å². The van der Waals surface area contributed by atoms with Crippen molar-refractivity contribution < 1.29 is 5.48 Å². The Morgan fingerprint density at radius 3 is 1.64 bits per heavy atom. The third-order valence-corrected chi connectivity index (χ3v) is 3.11. The van der Waals surface area contributed by atoms with Crippen LogP contribution in [-0.2, 0) is 0 Å². The van der Waals surface area contributed by atoms with Crippen LogP contribution in [0.3, 0.4) is 0 Å². The van der Waals surface area contributed by atoms with E-state index in [4.69, 9.17) is 0 Å². The first-order chi connectivity index (χ1) is 4.84. The van der Waals surface area contributed by atoms with E-state index in [2.05, 4.69) is 11.9 Å². The monoisotopic (exact) mass is 157 g/mol. The van der Waals surface area contributed by atoms with Gasteiger partial charge in [-0.05, 0) is 44.6 Å². The summed E-state index contributed by atoms with van der Waals surface area (Å²) in [5.74, 6) is 2.09. The van der Waals surface area contributed by atoms with Crippen molar-refractivity contribution in [2.75, 3.05) is 20.1 Å². The van der Waals surface area contributed by atoms with Gasteiger partial charge in [0.25, 0.3) is 0 Å². The zero-order valence-electron chi connectivity index (χ0n) is 7.34. The minimum absolute atomic E-state index is 0. The zero-order chi connectivity index (χ0) is 6.97. The SMILES string of the molecule is CN1CC2CCC(CC2)C1.O. The lowest BCUT2D eigenvalue weighted by atomic mass is 9.84. The van der Waals surface area contributed by atoms with Gasteiger partial charge >= 0.3 is 0 Å². The molecule has 0 spiro atoms. The van der Waals surface area contributed by atoms with E-state index in [1.54, 1.807) is 0 Å². The third-order valence-electron chi connectivity index (χ3n) is 3.11. The van der Waals surface area contributed by atoms with Crippen LogP contribution in [0.2, 0.25) is 0 Å². The molecule has 1 aliphatic carbocycles. The van der Waals surface area contributed by atoms with Gasteiger partial charge in [0.2, 0.25) is 0 Å². The topological polar surface area (TPSA) is 34.7 Å². The van der Waals surface area contributed by atoms with E-state index >= 15 is 0 Å². The first kappa shape index (κ1) is 9.01. The van der Waals surface area contributed by atoms with E-state index in [1.165, 1.54) is 38.8 Å². The molecule has 0 aromatic rings. The molecular weight excluding hydrogens is 138 g/mol. The summed E-state index contributed by atoms with van der Waals surface area (Å²) in [5.41, 5.74) is 0. The normalized spacial score (nSPS) is 37.9. The van der Waals surface area contributed by atoms with E-state index in [9.17, 15) is 0 Å². The van der Waals surface area contributed by atoms with Gasteiger partial charge in [0.05, 0.1) is 0 Å². The van der Waals surface area contributed by atoms with E-state index < -0.39 is 0 Å². The van der Waals surface area contributed by atoms with Gasteiger partial charge in [-0.1, -0.05) is 0 Å². The Hall–Kier alpha value is -0.0800. The summed E-state index contributed by atoms with van der Waals surface area (Å²) in [6.07, 6.45) is 6.04. The lowest BCUT2D eigenvalue weighted by Gasteiger charge is -2.21. The van der Waals surface area contributed by atoms with Crippen LogP contribution in [0.1, 0.15) is 25.7 Å². The quantitative estimate of drug-likeness (QED) is 0.515. The Bertz CT molecular complexity index is 105. The van der Waals surface area contributed by atoms with Crippen LogP contribution in [0.4, 0.5) is 0 Å². The van der Waals surface area contributed by atoms with Gasteiger partial charge in [0.1, 0.15) is 0 Å². The minimum Gasteiger partial charge on any atom is -0.412 e. The minimum atomic E-state index is 0. The van der Waals surface area contributed by atoms with Crippen molar-refractivity contribution in [3.05, 3.63) is 0 Å². The number of fused-ring (bicyclic) bond motifs is 4. The lowest BCUT2D eigenvalue weighted by Crippen LogP contribution is -2.23. The molecular formula is C9H19NO. The average Bonchev–Trinajstić information content (AvgIpc) is 2.17. The molecule has 3 aliphatic rings. The second-order valence-corrected chi connectivity index (χ2v) is 4.11. The molecule has 2 heteroatoms. The van der Waals surface area contributed by atoms with Crippen molar-refractivity contribution in [2.24, 2.45) is 11.8 Å². The summed E-state index contributed by atoms with van der Waals surface area (Å²) in [5, 5.41) is 0. The second kappa shape index (κ2) is 3.55. The van der Waals surface area contributed by atoms with E-state index in [0.717, 1.165) is 11.8 Å². The highest BCUT2D eigenvalue weighted by atomic mass is 16.0. The van der Waals surface area contributed by atoms with Crippen molar-refractivity contribution in [3.63, 3.8) is 0 Å². The fourth-order valence-corrected chi connectivity index (χ4v) is 2.55. The predicted octanol–water partition coefficient (Wildman–Crippen LogP) is 0.913. The highest BCUT2D eigenvalue weighted by Crippen LogP contribution is 2.32. The summed E-state index contributed by atoms with van der Waals surface area (Å²) in [6.45, 7) is 2.74. The number of hydrogen-bond donors (Lipinski definition) is 0. The summed E-state index contributed by atoms with van der Waals surface area (Å²) >= 11 is 0. The second-order valence-electron chi connectivity index (χ2n) is 4.11. The Morgan fingerprint density at radius 1 is 0.909 bits per heavy atom. The van der Waals surface area contributed by atoms with Crippen molar-refractivity contribution in [1.82, 2.24) is 4.90 Å². The molecule has 3 rings (SSSR count). The third kappa shape index (κ3) is 1.94. The average molecular weight is 157 g/mol. The van der Waals surface area contributed by atoms with Crippen LogP contribution in [0, 0.1) is 11.8 Å². The molecule has 0 radical (unpaired) electrons. The molecule has 66 valence electrons. The molecule has 0 aromatic heterocycles. The van der Waals surface area contributed by atoms with Crippen LogP contribution in [0.5, 0.6) is 0 Å². The largest absolute Gasteiger partial charge is 0.412 e. The molecule has 3 fully saturated rings. The van der Waals surface area contributed by atoms with Crippen molar-refractivity contribution in [1.29, 1.82) is 0 Å². The first-order valence-corrected chi connectivity index (χ1v) is 4.53. The Kier molecular flexibility index (Phi) is 2.90. The molecule has 11 heavy (non-hydrogen) atoms. The summed E-state index contributed by atoms with van der Waals surface area (Å²) < 4.78 is 0. The Balaban J connectivity index is 0.000000605. The van der Waals surface area contributed by atoms with Crippen LogP contribution >= 0.6 is 0 Å². The van der Waals surface area contributed by atoms with Crippen molar-refractivity contribution in [2.45, 2.75) is 25.7 Å². The molecule has 2 nitrogen and oxygen atoms in total. The maximum Gasteiger partial charge on any atom is 0.000673 e. The molecule has 2 bridgehead atoms. The first-order valence-electron chi connectivity index (χ1n) is 4.53. The maximum absolute atomic E-state index is 2.52. The molecule has 1 saturated carbocycles. The van der Waals surface area contributed by atoms with Gasteiger partial charge in [-0.25, -0.2) is 0 Å².